The van der Waals surface area contributed by atoms with Crippen LogP contribution in [0.3, 0.4) is 0 Å². The van der Waals surface area contributed by atoms with Crippen molar-refractivity contribution in [1.29, 1.82) is 0 Å². The molecule has 1 aromatic carbocycles. The molecule has 1 amide bonds. The SMILES string of the molecule is CC(C)c1nn(-c2noc(C[C@H]3CCN(C[C@@H]4CCCN4C(=O)OC(C)(C)C)C3)n2)c2c(F)cccc12. The van der Waals surface area contributed by atoms with Gasteiger partial charge in [0.25, 0.3) is 5.95 Å². The number of amides is 1. The average Bonchev–Trinajstić information content (AvgIpc) is 3.59. The van der Waals surface area contributed by atoms with Crippen LogP contribution in [0.2, 0.25) is 0 Å². The summed E-state index contributed by atoms with van der Waals surface area (Å²) in [6.45, 7) is 13.2. The molecule has 0 spiro atoms. The maximum absolute atomic E-state index is 14.7. The van der Waals surface area contributed by atoms with Gasteiger partial charge in [0.15, 0.2) is 0 Å². The van der Waals surface area contributed by atoms with Crippen molar-refractivity contribution in [1.82, 2.24) is 29.7 Å². The Morgan fingerprint density at radius 3 is 2.81 bits per heavy atom. The summed E-state index contributed by atoms with van der Waals surface area (Å²) in [5.41, 5.74) is 0.688. The molecule has 2 aromatic heterocycles. The number of aromatic nitrogens is 4. The third-order valence-corrected chi connectivity index (χ3v) is 7.18. The van der Waals surface area contributed by atoms with E-state index >= 15 is 0 Å². The van der Waals surface area contributed by atoms with Gasteiger partial charge in [0.1, 0.15) is 16.9 Å². The molecule has 4 heterocycles. The van der Waals surface area contributed by atoms with E-state index < -0.39 is 5.60 Å². The molecule has 0 radical (unpaired) electrons. The molecule has 2 aliphatic heterocycles. The van der Waals surface area contributed by atoms with Crippen LogP contribution in [0, 0.1) is 11.7 Å². The lowest BCUT2D eigenvalue weighted by Gasteiger charge is -2.30. The van der Waals surface area contributed by atoms with Crippen LogP contribution in [-0.4, -0.2) is 73.6 Å². The zero-order valence-corrected chi connectivity index (χ0v) is 22.4. The Balaban J connectivity index is 1.22. The van der Waals surface area contributed by atoms with Crippen molar-refractivity contribution in [2.75, 3.05) is 26.2 Å². The summed E-state index contributed by atoms with van der Waals surface area (Å²) in [4.78, 5) is 21.5. The fourth-order valence-electron chi connectivity index (χ4n) is 5.51. The first-order chi connectivity index (χ1) is 17.6. The minimum atomic E-state index is -0.490. The van der Waals surface area contributed by atoms with Crippen molar-refractivity contribution in [3.05, 3.63) is 35.6 Å². The predicted molar refractivity (Wildman–Crippen MR) is 137 cm³/mol. The van der Waals surface area contributed by atoms with Crippen molar-refractivity contribution in [2.24, 2.45) is 5.92 Å². The number of hydrogen-bond donors (Lipinski definition) is 0. The number of carbonyl (C=O) groups is 1. The lowest BCUT2D eigenvalue weighted by molar-refractivity contribution is 0.0201. The van der Waals surface area contributed by atoms with Gasteiger partial charge in [-0.1, -0.05) is 26.0 Å². The van der Waals surface area contributed by atoms with Crippen LogP contribution in [0.1, 0.15) is 71.4 Å². The maximum Gasteiger partial charge on any atom is 0.410 e. The van der Waals surface area contributed by atoms with Gasteiger partial charge >= 0.3 is 6.09 Å². The Hall–Kier alpha value is -3.01. The summed E-state index contributed by atoms with van der Waals surface area (Å²) in [6, 6.07) is 5.18. The first-order valence-corrected chi connectivity index (χ1v) is 13.3. The molecule has 3 aromatic rings. The standard InChI is InChI=1S/C27H37FN6O3/c1-17(2)23-20-9-6-10-21(28)24(20)34(30-23)25-29-22(37-31-25)14-18-11-13-32(15-18)16-19-8-7-12-33(19)26(35)36-27(3,4)5/h6,9-10,17-19H,7-8,11-16H2,1-5H3/t18-,19+/m1/s1. The maximum atomic E-state index is 14.7. The second kappa shape index (κ2) is 10.0. The lowest BCUT2D eigenvalue weighted by atomic mass is 10.1. The van der Waals surface area contributed by atoms with Gasteiger partial charge in [-0.15, -0.1) is 0 Å². The van der Waals surface area contributed by atoms with Crippen LogP contribution in [0.5, 0.6) is 0 Å². The average molecular weight is 513 g/mol. The quantitative estimate of drug-likeness (QED) is 0.462. The van der Waals surface area contributed by atoms with Crippen LogP contribution in [0.25, 0.3) is 16.9 Å². The molecule has 2 aliphatic rings. The molecule has 0 bridgehead atoms. The lowest BCUT2D eigenvalue weighted by Crippen LogP contribution is -2.44. The fraction of sp³-hybridized carbons (Fsp3) is 0.630. The number of nitrogens with zero attached hydrogens (tertiary/aromatic N) is 6. The van der Waals surface area contributed by atoms with Crippen LogP contribution in [0.4, 0.5) is 9.18 Å². The monoisotopic (exact) mass is 512 g/mol. The van der Waals surface area contributed by atoms with Gasteiger partial charge in [-0.2, -0.15) is 14.8 Å². The molecule has 2 saturated heterocycles. The number of para-hydroxylation sites is 1. The molecular formula is C27H37FN6O3. The summed E-state index contributed by atoms with van der Waals surface area (Å²) in [6.07, 6.45) is 3.47. The van der Waals surface area contributed by atoms with E-state index in [1.54, 1.807) is 6.07 Å². The highest BCUT2D eigenvalue weighted by atomic mass is 19.1. The normalized spacial score (nSPS) is 21.0. The van der Waals surface area contributed by atoms with Crippen molar-refractivity contribution in [3.8, 4) is 5.95 Å². The number of hydrogen-bond acceptors (Lipinski definition) is 7. The van der Waals surface area contributed by atoms with E-state index in [4.69, 9.17) is 9.26 Å². The molecule has 0 aliphatic carbocycles. The van der Waals surface area contributed by atoms with Gasteiger partial charge in [-0.25, -0.2) is 9.18 Å². The van der Waals surface area contributed by atoms with E-state index in [9.17, 15) is 9.18 Å². The summed E-state index contributed by atoms with van der Waals surface area (Å²) in [5.74, 6) is 0.937. The van der Waals surface area contributed by atoms with Crippen LogP contribution in [-0.2, 0) is 11.2 Å². The summed E-state index contributed by atoms with van der Waals surface area (Å²) >= 11 is 0. The molecule has 9 nitrogen and oxygen atoms in total. The second-order valence-electron chi connectivity index (χ2n) is 11.7. The number of ether oxygens (including phenoxy) is 1. The van der Waals surface area contributed by atoms with E-state index in [1.807, 2.05) is 45.6 Å². The number of halogens is 1. The summed E-state index contributed by atoms with van der Waals surface area (Å²) in [7, 11) is 0. The predicted octanol–water partition coefficient (Wildman–Crippen LogP) is 4.93. The number of rotatable bonds is 6. The van der Waals surface area contributed by atoms with E-state index in [0.29, 0.717) is 23.7 Å². The van der Waals surface area contributed by atoms with E-state index in [1.165, 1.54) is 10.7 Å². The Kier molecular flexibility index (Phi) is 6.95. The number of benzene rings is 1. The largest absolute Gasteiger partial charge is 0.444 e. The van der Waals surface area contributed by atoms with Crippen molar-refractivity contribution >= 4 is 17.0 Å². The van der Waals surface area contributed by atoms with Crippen LogP contribution >= 0.6 is 0 Å². The molecule has 2 atom stereocenters. The number of likely N-dealkylation sites (tertiary alicyclic amines) is 2. The zero-order valence-electron chi connectivity index (χ0n) is 22.4. The van der Waals surface area contributed by atoms with Gasteiger partial charge in [0.05, 0.1) is 5.69 Å². The summed E-state index contributed by atoms with van der Waals surface area (Å²) < 4.78 is 27.4. The zero-order chi connectivity index (χ0) is 26.3. The molecule has 5 rings (SSSR count). The van der Waals surface area contributed by atoms with Gasteiger partial charge in [-0.3, -0.25) is 0 Å². The Morgan fingerprint density at radius 2 is 2.05 bits per heavy atom. The topological polar surface area (TPSA) is 89.5 Å². The Bertz CT molecular complexity index is 1260. The number of carbonyl (C=O) groups excluding carboxylic acids is 1. The fourth-order valence-corrected chi connectivity index (χ4v) is 5.51. The van der Waals surface area contributed by atoms with E-state index in [0.717, 1.165) is 56.5 Å². The van der Waals surface area contributed by atoms with Crippen LogP contribution < -0.4 is 0 Å². The minimum Gasteiger partial charge on any atom is -0.444 e. The molecule has 0 unspecified atom stereocenters. The van der Waals surface area contributed by atoms with E-state index in [2.05, 4.69) is 20.1 Å². The third kappa shape index (κ3) is 5.49. The minimum absolute atomic E-state index is 0.132. The smallest absolute Gasteiger partial charge is 0.410 e. The Labute approximate surface area is 216 Å². The van der Waals surface area contributed by atoms with Gasteiger partial charge in [0, 0.05) is 37.5 Å². The molecule has 200 valence electrons. The highest BCUT2D eigenvalue weighted by Gasteiger charge is 2.35. The third-order valence-electron chi connectivity index (χ3n) is 7.18. The first kappa shape index (κ1) is 25.6. The summed E-state index contributed by atoms with van der Waals surface area (Å²) in [5, 5.41) is 9.51. The van der Waals surface area contributed by atoms with E-state index in [-0.39, 0.29) is 29.8 Å². The molecular weight excluding hydrogens is 475 g/mol. The molecule has 37 heavy (non-hydrogen) atoms. The van der Waals surface area contributed by atoms with Gasteiger partial charge in [-0.05, 0) is 69.6 Å². The second-order valence-corrected chi connectivity index (χ2v) is 11.7. The van der Waals surface area contributed by atoms with Crippen molar-refractivity contribution < 1.29 is 18.4 Å². The molecule has 0 saturated carbocycles. The first-order valence-electron chi connectivity index (χ1n) is 13.3. The highest BCUT2D eigenvalue weighted by Crippen LogP contribution is 2.29. The van der Waals surface area contributed by atoms with Gasteiger partial charge in [0.2, 0.25) is 5.89 Å². The molecule has 10 heteroatoms. The highest BCUT2D eigenvalue weighted by molar-refractivity contribution is 5.84. The number of fused-ring (bicyclic) bond motifs is 1. The van der Waals surface area contributed by atoms with Gasteiger partial charge < -0.3 is 19.1 Å². The molecule has 0 N–H and O–H groups in total. The van der Waals surface area contributed by atoms with Crippen molar-refractivity contribution in [2.45, 2.75) is 77.9 Å². The van der Waals surface area contributed by atoms with Crippen LogP contribution in [0.15, 0.2) is 22.7 Å². The molecule has 2 fully saturated rings. The Morgan fingerprint density at radius 1 is 1.24 bits per heavy atom. The van der Waals surface area contributed by atoms with Crippen molar-refractivity contribution in [3.63, 3.8) is 0 Å².